The van der Waals surface area contributed by atoms with Gasteiger partial charge in [-0.3, -0.25) is 0 Å². The van der Waals surface area contributed by atoms with E-state index in [9.17, 15) is 0 Å². The first-order valence-corrected chi connectivity index (χ1v) is 10.3. The van der Waals surface area contributed by atoms with Crippen LogP contribution >= 0.6 is 19.0 Å². The summed E-state index contributed by atoms with van der Waals surface area (Å²) in [6.45, 7) is 7.59. The third-order valence-electron chi connectivity index (χ3n) is 2.05. The van der Waals surface area contributed by atoms with Gasteiger partial charge in [-0.05, 0) is 19.6 Å². The number of nitrogens with one attached hydrogen (secondary N) is 1. The predicted molar refractivity (Wildman–Crippen MR) is 84.0 cm³/mol. The molecule has 1 N–H and O–H groups in total. The van der Waals surface area contributed by atoms with Gasteiger partial charge < -0.3 is 9.05 Å². The Labute approximate surface area is 138 Å². The average molecular weight is 496 g/mol. The maximum atomic E-state index is 5.33. The Kier molecular flexibility index (Phi) is 9.82. The monoisotopic (exact) mass is 496 g/mol. The van der Waals surface area contributed by atoms with E-state index in [0.29, 0.717) is 0 Å². The van der Waals surface area contributed by atoms with Gasteiger partial charge in [0, 0.05) is 0 Å². The summed E-state index contributed by atoms with van der Waals surface area (Å²) in [7, 11) is -0.644. The van der Waals surface area contributed by atoms with E-state index in [1.54, 1.807) is 11.4 Å². The summed E-state index contributed by atoms with van der Waals surface area (Å²) in [5.74, 6) is 1.06. The molecule has 0 spiro atoms. The van der Waals surface area contributed by atoms with E-state index in [-0.39, 0.29) is 0 Å². The van der Waals surface area contributed by atoms with Crippen LogP contribution in [-0.4, -0.2) is 28.9 Å². The minimum atomic E-state index is -0.644. The Bertz CT molecular complexity index is 451. The normalized spacial score (nSPS) is 10.7. The van der Waals surface area contributed by atoms with E-state index in [1.807, 2.05) is 38.1 Å². The van der Waals surface area contributed by atoms with Gasteiger partial charge in [-0.15, -0.1) is 0 Å². The van der Waals surface area contributed by atoms with Gasteiger partial charge in [0.1, 0.15) is 0 Å². The second kappa shape index (κ2) is 10.8. The van der Waals surface area contributed by atoms with Crippen LogP contribution in [0.25, 0.3) is 11.0 Å². The van der Waals surface area contributed by atoms with Gasteiger partial charge in [0.25, 0.3) is 0 Å². The third kappa shape index (κ3) is 6.72. The Balaban J connectivity index is 0.000000200. The van der Waals surface area contributed by atoms with Crippen LogP contribution in [0.15, 0.2) is 24.3 Å². The summed E-state index contributed by atoms with van der Waals surface area (Å²) in [4.78, 5) is 7.36. The van der Waals surface area contributed by atoms with Crippen molar-refractivity contribution < 1.29 is 30.1 Å². The number of aromatic amines is 1. The number of nitrogens with zero attached hydrogens (tertiary/aromatic N) is 1. The number of aromatic nitrogens is 2. The molecule has 0 radical (unpaired) electrons. The van der Waals surface area contributed by atoms with Crippen LogP contribution in [0.3, 0.4) is 0 Å². The molecule has 2 aromatic rings. The molecule has 0 aliphatic heterocycles. The number of fused-ring (bicyclic) bond motifs is 1. The zero-order valence-electron chi connectivity index (χ0n) is 11.9. The third-order valence-corrected chi connectivity index (χ3v) is 6.01. The molecule has 7 heteroatoms. The summed E-state index contributed by atoms with van der Waals surface area (Å²) >= 11 is 4.09. The summed E-state index contributed by atoms with van der Waals surface area (Å²) in [5.41, 5.74) is 2.13. The Morgan fingerprint density at radius 3 is 2.40 bits per heavy atom. The van der Waals surface area contributed by atoms with Gasteiger partial charge in [0.05, 0.1) is 13.2 Å². The first-order valence-electron chi connectivity index (χ1n) is 6.46. The second-order valence-electron chi connectivity index (χ2n) is 3.49. The number of H-pyrrole nitrogens is 1. The fraction of sp³-hybridized carbons (Fsp3) is 0.462. The Morgan fingerprint density at radius 2 is 1.85 bits per heavy atom. The van der Waals surface area contributed by atoms with E-state index in [1.165, 1.54) is 0 Å². The maximum absolute atomic E-state index is 5.33. The molecule has 0 unspecified atom stereocenters. The molecule has 116 valence electrons. The molecule has 0 saturated carbocycles. The average Bonchev–Trinajstić information content (AvgIpc) is 2.80. The van der Waals surface area contributed by atoms with Crippen molar-refractivity contribution in [1.29, 1.82) is 0 Å². The Morgan fingerprint density at radius 1 is 1.20 bits per heavy atom. The molecule has 1 aromatic heterocycles. The summed E-state index contributed by atoms with van der Waals surface area (Å²) in [6.07, 6.45) is 0. The number of hydrogen-bond donors (Lipinski definition) is 1. The van der Waals surface area contributed by atoms with Crippen molar-refractivity contribution >= 4 is 34.0 Å². The van der Waals surface area contributed by atoms with E-state index < -0.39 is 7.58 Å². The molecule has 2 rings (SSSR count). The van der Waals surface area contributed by atoms with E-state index >= 15 is 0 Å². The minimum absolute atomic E-state index is 0.644. The second-order valence-corrected chi connectivity index (χ2v) is 7.98. The molecule has 0 aliphatic rings. The SMILES string of the molecule is CCOP(OCC)SCC.[Au][c]1nc2ccccc2[nH]1. The van der Waals surface area contributed by atoms with Crippen LogP contribution in [0, 0.1) is 0 Å². The quantitative estimate of drug-likeness (QED) is 0.489. The van der Waals surface area contributed by atoms with Gasteiger partial charge in [-0.25, -0.2) is 0 Å². The predicted octanol–water partition coefficient (Wildman–Crippen LogP) is 3.77. The number of hydrogen-bond acceptors (Lipinski definition) is 4. The zero-order valence-corrected chi connectivity index (χ0v) is 15.7. The molecule has 1 heterocycles. The van der Waals surface area contributed by atoms with Crippen molar-refractivity contribution in [3.05, 3.63) is 24.3 Å². The fourth-order valence-electron chi connectivity index (χ4n) is 1.33. The van der Waals surface area contributed by atoms with Crippen molar-refractivity contribution in [3.63, 3.8) is 0 Å². The van der Waals surface area contributed by atoms with Gasteiger partial charge in [0.2, 0.25) is 7.58 Å². The number of para-hydroxylation sites is 2. The van der Waals surface area contributed by atoms with Gasteiger partial charge in [0.15, 0.2) is 0 Å². The summed E-state index contributed by atoms with van der Waals surface area (Å²) in [5, 5.41) is 0. The summed E-state index contributed by atoms with van der Waals surface area (Å²) < 4.78 is 11.6. The van der Waals surface area contributed by atoms with Gasteiger partial charge >= 0.3 is 70.4 Å². The van der Waals surface area contributed by atoms with Crippen LogP contribution < -0.4 is 4.04 Å². The molecule has 0 amide bonds. The van der Waals surface area contributed by atoms with Crippen LogP contribution in [0.2, 0.25) is 0 Å². The van der Waals surface area contributed by atoms with Crippen molar-refractivity contribution in [2.45, 2.75) is 20.8 Å². The van der Waals surface area contributed by atoms with E-state index in [2.05, 4.69) is 38.0 Å². The van der Waals surface area contributed by atoms with Crippen LogP contribution in [0.1, 0.15) is 20.8 Å². The van der Waals surface area contributed by atoms with Crippen molar-refractivity contribution in [2.24, 2.45) is 0 Å². The van der Waals surface area contributed by atoms with Crippen molar-refractivity contribution in [1.82, 2.24) is 9.97 Å². The topological polar surface area (TPSA) is 47.1 Å². The van der Waals surface area contributed by atoms with E-state index in [0.717, 1.165) is 34.0 Å². The van der Waals surface area contributed by atoms with Crippen LogP contribution in [0.4, 0.5) is 0 Å². The van der Waals surface area contributed by atoms with Gasteiger partial charge in [-0.2, -0.15) is 0 Å². The number of rotatable bonds is 6. The molecule has 0 bridgehead atoms. The molecule has 1 aromatic carbocycles. The molecular weight excluding hydrogens is 476 g/mol. The van der Waals surface area contributed by atoms with E-state index in [4.69, 9.17) is 9.05 Å². The zero-order chi connectivity index (χ0) is 14.8. The standard InChI is InChI=1S/C7H5N2.C6H15O2PS.Au/c1-2-4-7-6(3-1)8-5-9-7;1-4-7-9(8-5-2)10-6-3;/h1-4H,(H,8,9);4-6H2,1-3H3;. The molecule has 20 heavy (non-hydrogen) atoms. The molecule has 0 aliphatic carbocycles. The van der Waals surface area contributed by atoms with Crippen molar-refractivity contribution in [3.8, 4) is 0 Å². The molecule has 4 nitrogen and oxygen atoms in total. The van der Waals surface area contributed by atoms with Crippen LogP contribution in [-0.2, 0) is 30.1 Å². The molecule has 0 saturated heterocycles. The number of benzene rings is 1. The van der Waals surface area contributed by atoms with Crippen LogP contribution in [0.5, 0.6) is 0 Å². The summed E-state index contributed by atoms with van der Waals surface area (Å²) in [6, 6.07) is 7.98. The van der Waals surface area contributed by atoms with Gasteiger partial charge in [-0.1, -0.05) is 18.3 Å². The molecular formula is C13H20AuN2O2PS. The Hall–Kier alpha value is 0.130. The fourth-order valence-corrected chi connectivity index (χ4v) is 4.45. The number of imidazole rings is 1. The molecule has 0 atom stereocenters. The van der Waals surface area contributed by atoms with Crippen molar-refractivity contribution in [2.75, 3.05) is 19.0 Å². The first-order chi connectivity index (χ1) is 9.71. The first kappa shape index (κ1) is 18.2. The molecule has 0 fully saturated rings.